The van der Waals surface area contributed by atoms with E-state index < -0.39 is 0 Å². The van der Waals surface area contributed by atoms with Crippen LogP contribution in [0.15, 0.2) is 30.3 Å². The zero-order chi connectivity index (χ0) is 11.3. The van der Waals surface area contributed by atoms with Gasteiger partial charge in [-0.2, -0.15) is 0 Å². The van der Waals surface area contributed by atoms with E-state index in [4.69, 9.17) is 11.6 Å². The lowest BCUT2D eigenvalue weighted by atomic mass is 10.2. The van der Waals surface area contributed by atoms with E-state index in [1.807, 2.05) is 37.3 Å². The molecule has 1 amide bonds. The standard InChI is InChI=1S/C12H16ClNO/c1-10(13)8-9-14(2)12(15)11-6-4-3-5-7-11/h3-7,10H,8-9H2,1-2H3. The molecule has 15 heavy (non-hydrogen) atoms. The summed E-state index contributed by atoms with van der Waals surface area (Å²) in [5.74, 6) is 0.0490. The van der Waals surface area contributed by atoms with Gasteiger partial charge in [0.05, 0.1) is 0 Å². The van der Waals surface area contributed by atoms with Crippen molar-refractivity contribution in [2.75, 3.05) is 13.6 Å². The second-order valence-electron chi connectivity index (χ2n) is 3.66. The Kier molecular flexibility index (Phi) is 4.63. The first kappa shape index (κ1) is 12.1. The third-order valence-corrected chi connectivity index (χ3v) is 2.45. The average molecular weight is 226 g/mol. The Morgan fingerprint density at radius 3 is 2.53 bits per heavy atom. The van der Waals surface area contributed by atoms with E-state index in [2.05, 4.69) is 0 Å². The molecule has 0 radical (unpaired) electrons. The fraction of sp³-hybridized carbons (Fsp3) is 0.417. The summed E-state index contributed by atoms with van der Waals surface area (Å²) in [5.41, 5.74) is 0.724. The molecule has 0 bridgehead atoms. The largest absolute Gasteiger partial charge is 0.342 e. The van der Waals surface area contributed by atoms with Crippen LogP contribution in [0.1, 0.15) is 23.7 Å². The third-order valence-electron chi connectivity index (χ3n) is 2.23. The van der Waals surface area contributed by atoms with Crippen molar-refractivity contribution < 1.29 is 4.79 Å². The Balaban J connectivity index is 2.54. The zero-order valence-electron chi connectivity index (χ0n) is 9.11. The van der Waals surface area contributed by atoms with Gasteiger partial charge in [-0.05, 0) is 25.5 Å². The highest BCUT2D eigenvalue weighted by Gasteiger charge is 2.11. The number of hydrogen-bond donors (Lipinski definition) is 0. The van der Waals surface area contributed by atoms with Gasteiger partial charge in [-0.25, -0.2) is 0 Å². The van der Waals surface area contributed by atoms with Gasteiger partial charge in [-0.1, -0.05) is 18.2 Å². The van der Waals surface area contributed by atoms with Crippen molar-refractivity contribution in [3.8, 4) is 0 Å². The second-order valence-corrected chi connectivity index (χ2v) is 4.41. The van der Waals surface area contributed by atoms with Crippen molar-refractivity contribution in [3.05, 3.63) is 35.9 Å². The number of halogens is 1. The van der Waals surface area contributed by atoms with Crippen LogP contribution in [-0.4, -0.2) is 29.8 Å². The number of alkyl halides is 1. The summed E-state index contributed by atoms with van der Waals surface area (Å²) < 4.78 is 0. The van der Waals surface area contributed by atoms with Crippen LogP contribution in [0.25, 0.3) is 0 Å². The van der Waals surface area contributed by atoms with E-state index in [9.17, 15) is 4.79 Å². The Morgan fingerprint density at radius 2 is 2.00 bits per heavy atom. The fourth-order valence-electron chi connectivity index (χ4n) is 1.27. The highest BCUT2D eigenvalue weighted by atomic mass is 35.5. The maximum atomic E-state index is 11.8. The van der Waals surface area contributed by atoms with E-state index in [0.717, 1.165) is 12.0 Å². The molecule has 1 aromatic rings. The average Bonchev–Trinajstić information content (AvgIpc) is 2.26. The summed E-state index contributed by atoms with van der Waals surface area (Å²) >= 11 is 5.83. The van der Waals surface area contributed by atoms with E-state index in [1.165, 1.54) is 0 Å². The van der Waals surface area contributed by atoms with Crippen molar-refractivity contribution in [1.29, 1.82) is 0 Å². The second kappa shape index (κ2) is 5.76. The first-order valence-corrected chi connectivity index (χ1v) is 5.49. The quantitative estimate of drug-likeness (QED) is 0.722. The molecular weight excluding hydrogens is 210 g/mol. The molecule has 0 heterocycles. The Labute approximate surface area is 95.8 Å². The zero-order valence-corrected chi connectivity index (χ0v) is 9.87. The molecule has 0 aliphatic carbocycles. The molecule has 0 saturated carbocycles. The number of rotatable bonds is 4. The van der Waals surface area contributed by atoms with Crippen LogP contribution in [0, 0.1) is 0 Å². The van der Waals surface area contributed by atoms with Gasteiger partial charge in [0.15, 0.2) is 0 Å². The molecule has 1 unspecified atom stereocenters. The van der Waals surface area contributed by atoms with Crippen molar-refractivity contribution in [1.82, 2.24) is 4.90 Å². The number of nitrogens with zero attached hydrogens (tertiary/aromatic N) is 1. The fourth-order valence-corrected chi connectivity index (χ4v) is 1.37. The summed E-state index contributed by atoms with van der Waals surface area (Å²) in [7, 11) is 1.80. The van der Waals surface area contributed by atoms with Crippen molar-refractivity contribution in [2.45, 2.75) is 18.7 Å². The Bertz CT molecular complexity index is 311. The number of carbonyl (C=O) groups excluding carboxylic acids is 1. The van der Waals surface area contributed by atoms with Crippen LogP contribution < -0.4 is 0 Å². The van der Waals surface area contributed by atoms with Crippen molar-refractivity contribution in [3.63, 3.8) is 0 Å². The van der Waals surface area contributed by atoms with Gasteiger partial charge in [-0.3, -0.25) is 4.79 Å². The maximum Gasteiger partial charge on any atom is 0.253 e. The molecule has 0 saturated heterocycles. The van der Waals surface area contributed by atoms with Gasteiger partial charge in [-0.15, -0.1) is 11.6 Å². The lowest BCUT2D eigenvalue weighted by molar-refractivity contribution is 0.0793. The van der Waals surface area contributed by atoms with Gasteiger partial charge < -0.3 is 4.90 Å². The number of amides is 1. The predicted octanol–water partition coefficient (Wildman–Crippen LogP) is 2.78. The topological polar surface area (TPSA) is 20.3 Å². The maximum absolute atomic E-state index is 11.8. The molecule has 0 N–H and O–H groups in total. The molecule has 82 valence electrons. The van der Waals surface area contributed by atoms with Gasteiger partial charge in [0.25, 0.3) is 5.91 Å². The summed E-state index contributed by atoms with van der Waals surface area (Å²) in [4.78, 5) is 13.5. The minimum Gasteiger partial charge on any atom is -0.342 e. The molecule has 0 fully saturated rings. The smallest absolute Gasteiger partial charge is 0.253 e. The minimum absolute atomic E-state index is 0.0490. The molecule has 0 aliphatic heterocycles. The molecule has 0 aliphatic rings. The van der Waals surface area contributed by atoms with Crippen LogP contribution >= 0.6 is 11.6 Å². The van der Waals surface area contributed by atoms with E-state index in [-0.39, 0.29) is 11.3 Å². The number of carbonyl (C=O) groups is 1. The Hall–Kier alpha value is -1.02. The summed E-state index contributed by atoms with van der Waals surface area (Å²) in [6.07, 6.45) is 0.816. The summed E-state index contributed by atoms with van der Waals surface area (Å²) in [5, 5.41) is 0.107. The van der Waals surface area contributed by atoms with Gasteiger partial charge in [0.2, 0.25) is 0 Å². The van der Waals surface area contributed by atoms with Crippen molar-refractivity contribution in [2.24, 2.45) is 0 Å². The molecule has 1 rings (SSSR count). The SMILES string of the molecule is CC(Cl)CCN(C)C(=O)c1ccccc1. The van der Waals surface area contributed by atoms with Gasteiger partial charge in [0.1, 0.15) is 0 Å². The van der Waals surface area contributed by atoms with Crippen LogP contribution in [0.2, 0.25) is 0 Å². The highest BCUT2D eigenvalue weighted by molar-refractivity contribution is 6.20. The molecule has 0 aromatic heterocycles. The summed E-state index contributed by atoms with van der Waals surface area (Å²) in [6, 6.07) is 9.28. The van der Waals surface area contributed by atoms with Crippen LogP contribution in [0.3, 0.4) is 0 Å². The predicted molar refractivity (Wildman–Crippen MR) is 63.3 cm³/mol. The normalized spacial score (nSPS) is 12.2. The molecule has 3 heteroatoms. The molecule has 1 aromatic carbocycles. The first-order chi connectivity index (χ1) is 7.11. The molecule has 0 spiro atoms. The highest BCUT2D eigenvalue weighted by Crippen LogP contribution is 2.06. The third kappa shape index (κ3) is 3.92. The van der Waals surface area contributed by atoms with Crippen LogP contribution in [0.5, 0.6) is 0 Å². The number of hydrogen-bond acceptors (Lipinski definition) is 1. The monoisotopic (exact) mass is 225 g/mol. The van der Waals surface area contributed by atoms with Crippen LogP contribution in [0.4, 0.5) is 0 Å². The molecule has 2 nitrogen and oxygen atoms in total. The summed E-state index contributed by atoms with van der Waals surface area (Å²) in [6.45, 7) is 2.63. The van der Waals surface area contributed by atoms with Gasteiger partial charge >= 0.3 is 0 Å². The lowest BCUT2D eigenvalue weighted by Gasteiger charge is -2.17. The Morgan fingerprint density at radius 1 is 1.40 bits per heavy atom. The molecular formula is C12H16ClNO. The first-order valence-electron chi connectivity index (χ1n) is 5.06. The minimum atomic E-state index is 0.0490. The van der Waals surface area contributed by atoms with Gasteiger partial charge in [0, 0.05) is 24.5 Å². The van der Waals surface area contributed by atoms with E-state index >= 15 is 0 Å². The van der Waals surface area contributed by atoms with E-state index in [1.54, 1.807) is 11.9 Å². The lowest BCUT2D eigenvalue weighted by Crippen LogP contribution is -2.28. The molecule has 1 atom stereocenters. The number of benzene rings is 1. The van der Waals surface area contributed by atoms with E-state index in [0.29, 0.717) is 6.54 Å². The van der Waals surface area contributed by atoms with Crippen molar-refractivity contribution >= 4 is 17.5 Å². The van der Waals surface area contributed by atoms with Crippen LogP contribution in [-0.2, 0) is 0 Å².